The second kappa shape index (κ2) is 6.87. The maximum Gasteiger partial charge on any atom is 0.192 e. The fraction of sp³-hybridized carbons (Fsp3) is 0.188. The van der Waals surface area contributed by atoms with Crippen molar-refractivity contribution in [1.82, 2.24) is 4.90 Å². The van der Waals surface area contributed by atoms with Crippen LogP contribution in [0.25, 0.3) is 0 Å². The number of nitrogens with zero attached hydrogens (tertiary/aromatic N) is 1. The average Bonchev–Trinajstić information content (AvgIpc) is 3.36. The molecule has 1 spiro atoms. The molecule has 1 saturated heterocycles. The molecular weight excluding hydrogens is 430 g/mol. The van der Waals surface area contributed by atoms with Crippen LogP contribution < -0.4 is 0 Å². The van der Waals surface area contributed by atoms with Crippen molar-refractivity contribution in [2.75, 3.05) is 13.6 Å². The molecule has 2 fully saturated rings. The van der Waals surface area contributed by atoms with Crippen molar-refractivity contribution in [2.45, 2.75) is 22.3 Å². The summed E-state index contributed by atoms with van der Waals surface area (Å²) in [6.07, 6.45) is 0. The van der Waals surface area contributed by atoms with Gasteiger partial charge in [-0.15, -0.1) is 0 Å². The highest BCUT2D eigenvalue weighted by Crippen LogP contribution is 2.84. The fourth-order valence-corrected chi connectivity index (χ4v) is 7.89. The van der Waals surface area contributed by atoms with Gasteiger partial charge in [-0.2, -0.15) is 0 Å². The van der Waals surface area contributed by atoms with E-state index < -0.39 is 16.4 Å². The summed E-state index contributed by atoms with van der Waals surface area (Å²) in [5.74, 6) is -0.152. The molecule has 0 radical (unpaired) electrons. The van der Waals surface area contributed by atoms with E-state index in [1.54, 1.807) is 0 Å². The quantitative estimate of drug-likeness (QED) is 0.387. The highest BCUT2D eigenvalue weighted by Gasteiger charge is 2.93. The molecule has 1 heterocycles. The van der Waals surface area contributed by atoms with Gasteiger partial charge in [-0.25, -0.2) is 0 Å². The zero-order valence-electron chi connectivity index (χ0n) is 19.5. The third-order valence-electron chi connectivity index (χ3n) is 8.90. The van der Waals surface area contributed by atoms with E-state index in [0.29, 0.717) is 17.7 Å². The summed E-state index contributed by atoms with van der Waals surface area (Å²) >= 11 is 0. The van der Waals surface area contributed by atoms with Crippen LogP contribution in [-0.2, 0) is 10.8 Å². The fourth-order valence-electron chi connectivity index (χ4n) is 7.89. The number of carbonyl (C=O) groups excluding carboxylic acids is 2. The Kier molecular flexibility index (Phi) is 4.03. The molecule has 170 valence electrons. The van der Waals surface area contributed by atoms with Crippen molar-refractivity contribution in [3.05, 3.63) is 143 Å². The van der Waals surface area contributed by atoms with Crippen molar-refractivity contribution < 1.29 is 9.59 Å². The molecule has 0 aromatic heterocycles. The minimum atomic E-state index is -1.30. The van der Waals surface area contributed by atoms with Crippen LogP contribution in [0.5, 0.6) is 0 Å². The number of Topliss-reactive ketones (excluding diaryl/α,β-unsaturated/α-hetero) is 2. The highest BCUT2D eigenvalue weighted by molar-refractivity contribution is 6.35. The van der Waals surface area contributed by atoms with E-state index in [-0.39, 0.29) is 17.5 Å². The molecule has 1 aliphatic heterocycles. The van der Waals surface area contributed by atoms with Gasteiger partial charge in [0.15, 0.2) is 17.1 Å². The largest absolute Gasteiger partial charge is 0.291 e. The summed E-state index contributed by atoms with van der Waals surface area (Å²) in [5, 5.41) is 0. The monoisotopic (exact) mass is 455 g/mol. The Morgan fingerprint density at radius 1 is 0.629 bits per heavy atom. The number of hydrogen-bond acceptors (Lipinski definition) is 3. The Labute approximate surface area is 205 Å². The van der Waals surface area contributed by atoms with Gasteiger partial charge in [0.1, 0.15) is 0 Å². The van der Waals surface area contributed by atoms with Crippen molar-refractivity contribution in [2.24, 2.45) is 0 Å². The van der Waals surface area contributed by atoms with Crippen LogP contribution in [0, 0.1) is 0 Å². The molecule has 1 saturated carbocycles. The molecule has 7 rings (SSSR count). The molecule has 0 unspecified atom stereocenters. The summed E-state index contributed by atoms with van der Waals surface area (Å²) in [6.45, 7) is 0.622. The van der Waals surface area contributed by atoms with Crippen molar-refractivity contribution in [3.8, 4) is 0 Å². The van der Waals surface area contributed by atoms with E-state index in [4.69, 9.17) is 0 Å². The topological polar surface area (TPSA) is 37.4 Å². The van der Waals surface area contributed by atoms with E-state index in [2.05, 4.69) is 65.6 Å². The first-order chi connectivity index (χ1) is 17.1. The second-order valence-electron chi connectivity index (χ2n) is 10.1. The van der Waals surface area contributed by atoms with Crippen LogP contribution in [0.3, 0.4) is 0 Å². The number of fused-ring (bicyclic) bond motifs is 3. The number of ketones is 2. The molecule has 0 N–H and O–H groups in total. The molecule has 3 heteroatoms. The van der Waals surface area contributed by atoms with Crippen molar-refractivity contribution >= 4 is 11.6 Å². The Balaban J connectivity index is 1.62. The Morgan fingerprint density at radius 2 is 1.09 bits per heavy atom. The molecular formula is C32H25NO2. The zero-order chi connectivity index (χ0) is 23.8. The molecule has 3 nitrogen and oxygen atoms in total. The van der Waals surface area contributed by atoms with Gasteiger partial charge in [-0.1, -0.05) is 115 Å². The predicted molar refractivity (Wildman–Crippen MR) is 136 cm³/mol. The molecule has 3 aliphatic rings. The van der Waals surface area contributed by atoms with Crippen LogP contribution in [0.2, 0.25) is 0 Å². The smallest absolute Gasteiger partial charge is 0.192 e. The summed E-state index contributed by atoms with van der Waals surface area (Å²) in [4.78, 5) is 31.2. The minimum Gasteiger partial charge on any atom is -0.291 e. The number of hydrogen-bond donors (Lipinski definition) is 0. The first kappa shape index (κ1) is 20.5. The van der Waals surface area contributed by atoms with Gasteiger partial charge < -0.3 is 0 Å². The Morgan fingerprint density at radius 3 is 1.63 bits per heavy atom. The lowest BCUT2D eigenvalue weighted by Gasteiger charge is -2.39. The third kappa shape index (κ3) is 2.13. The summed E-state index contributed by atoms with van der Waals surface area (Å²) in [6, 6.07) is 38.6. The lowest BCUT2D eigenvalue weighted by molar-refractivity contribution is 0.0538. The van der Waals surface area contributed by atoms with E-state index in [1.165, 1.54) is 11.1 Å². The van der Waals surface area contributed by atoms with Gasteiger partial charge in [0, 0.05) is 34.4 Å². The van der Waals surface area contributed by atoms with E-state index in [0.717, 1.165) is 5.56 Å². The number of likely N-dealkylation sites (tertiary alicyclic amines) is 1. The maximum absolute atomic E-state index is 14.5. The van der Waals surface area contributed by atoms with Gasteiger partial charge in [0.25, 0.3) is 0 Å². The first-order valence-corrected chi connectivity index (χ1v) is 12.2. The molecule has 2 aliphatic carbocycles. The van der Waals surface area contributed by atoms with Gasteiger partial charge >= 0.3 is 0 Å². The minimum absolute atomic E-state index is 0.0144. The summed E-state index contributed by atoms with van der Waals surface area (Å²) < 4.78 is 0. The molecule has 0 bridgehead atoms. The van der Waals surface area contributed by atoms with E-state index in [9.17, 15) is 9.59 Å². The van der Waals surface area contributed by atoms with Crippen LogP contribution in [0.15, 0.2) is 115 Å². The Bertz CT molecular complexity index is 1450. The molecule has 4 aromatic carbocycles. The maximum atomic E-state index is 14.5. The van der Waals surface area contributed by atoms with Gasteiger partial charge in [-0.3, -0.25) is 14.5 Å². The van der Waals surface area contributed by atoms with Crippen LogP contribution in [-0.4, -0.2) is 35.6 Å². The SMILES string of the molecule is CN1C[C@]2(c3ccccc3)[C@@H](c3ccccc3)[C@]2(c2ccccc2)C12C(=O)c1ccccc1C2=O. The molecule has 4 aromatic rings. The number of likely N-dealkylation sites (N-methyl/N-ethyl adjacent to an activating group) is 1. The normalized spacial score (nSPS) is 28.2. The average molecular weight is 456 g/mol. The van der Waals surface area contributed by atoms with Crippen LogP contribution in [0.1, 0.15) is 43.3 Å². The van der Waals surface area contributed by atoms with Gasteiger partial charge in [0.05, 0.1) is 0 Å². The second-order valence-corrected chi connectivity index (χ2v) is 10.1. The number of rotatable bonds is 3. The van der Waals surface area contributed by atoms with Gasteiger partial charge in [-0.05, 0) is 23.7 Å². The van der Waals surface area contributed by atoms with E-state index in [1.807, 2.05) is 61.6 Å². The zero-order valence-corrected chi connectivity index (χ0v) is 19.5. The van der Waals surface area contributed by atoms with E-state index >= 15 is 0 Å². The lowest BCUT2D eigenvalue weighted by Crippen LogP contribution is -2.60. The summed E-state index contributed by atoms with van der Waals surface area (Å²) in [5.41, 5.74) is 2.04. The first-order valence-electron chi connectivity index (χ1n) is 12.2. The number of benzene rings is 4. The lowest BCUT2D eigenvalue weighted by atomic mass is 9.68. The molecule has 35 heavy (non-hydrogen) atoms. The Hall–Kier alpha value is -3.82. The molecule has 0 amide bonds. The third-order valence-corrected chi connectivity index (χ3v) is 8.90. The van der Waals surface area contributed by atoms with Gasteiger partial charge in [0.2, 0.25) is 0 Å². The number of carbonyl (C=O) groups is 2. The summed E-state index contributed by atoms with van der Waals surface area (Å²) in [7, 11) is 1.96. The predicted octanol–water partition coefficient (Wildman–Crippen LogP) is 5.42. The molecule has 3 atom stereocenters. The van der Waals surface area contributed by atoms with Crippen LogP contribution >= 0.6 is 0 Å². The highest BCUT2D eigenvalue weighted by atomic mass is 16.2. The van der Waals surface area contributed by atoms with Crippen molar-refractivity contribution in [1.29, 1.82) is 0 Å². The van der Waals surface area contributed by atoms with Crippen LogP contribution in [0.4, 0.5) is 0 Å². The standard InChI is InChI=1S/C32H25NO2/c1-33-21-30(23-15-7-3-8-16-23)27(22-13-5-2-6-14-22)31(30,24-17-9-4-10-18-24)32(33)28(34)25-19-11-12-20-26(25)29(32)35/h2-20,27H,21H2,1H3/t27-,30+,31+/m1/s1. The van der Waals surface area contributed by atoms with Crippen molar-refractivity contribution in [3.63, 3.8) is 0 Å². The number of piperidine rings is 1.